The Morgan fingerprint density at radius 2 is 1.80 bits per heavy atom. The number of aliphatic carboxylic acids is 2. The molecule has 25 heavy (non-hydrogen) atoms. The molecule has 0 bridgehead atoms. The van der Waals surface area contributed by atoms with Crippen LogP contribution in [0.3, 0.4) is 0 Å². The summed E-state index contributed by atoms with van der Waals surface area (Å²) in [5.74, 6) is -5.53. The fourth-order valence-corrected chi connectivity index (χ4v) is 3.03. The molecular formula is C16H24N2O7. The Bertz CT molecular complexity index is 587. The lowest BCUT2D eigenvalue weighted by molar-refractivity contribution is -0.171. The predicted octanol–water partition coefficient (Wildman–Crippen LogP) is 0.156. The van der Waals surface area contributed by atoms with E-state index in [1.54, 1.807) is 13.8 Å². The van der Waals surface area contributed by atoms with Crippen LogP contribution in [-0.2, 0) is 24.0 Å². The summed E-state index contributed by atoms with van der Waals surface area (Å²) in [6.45, 7) is 3.36. The molecule has 1 saturated heterocycles. The maximum absolute atomic E-state index is 12.7. The zero-order valence-corrected chi connectivity index (χ0v) is 14.4. The van der Waals surface area contributed by atoms with E-state index in [1.165, 1.54) is 0 Å². The van der Waals surface area contributed by atoms with Gasteiger partial charge < -0.3 is 15.9 Å². The molecule has 1 rings (SSSR count). The first-order chi connectivity index (χ1) is 11.5. The van der Waals surface area contributed by atoms with Crippen molar-refractivity contribution >= 4 is 29.5 Å². The van der Waals surface area contributed by atoms with Gasteiger partial charge in [-0.2, -0.15) is 0 Å². The van der Waals surface area contributed by atoms with Gasteiger partial charge in [0.15, 0.2) is 5.78 Å². The molecule has 0 unspecified atom stereocenters. The minimum absolute atomic E-state index is 0.126. The average molecular weight is 356 g/mol. The first kappa shape index (κ1) is 20.8. The summed E-state index contributed by atoms with van der Waals surface area (Å²) >= 11 is 0. The number of nitrogens with zero attached hydrogens (tertiary/aromatic N) is 1. The summed E-state index contributed by atoms with van der Waals surface area (Å²) < 4.78 is 0. The van der Waals surface area contributed by atoms with Crippen LogP contribution in [0, 0.1) is 5.92 Å². The summed E-state index contributed by atoms with van der Waals surface area (Å²) in [6, 6.07) is -1.38. The van der Waals surface area contributed by atoms with Crippen molar-refractivity contribution in [2.75, 3.05) is 0 Å². The minimum atomic E-state index is -2.29. The van der Waals surface area contributed by atoms with Gasteiger partial charge in [-0.25, -0.2) is 4.79 Å². The third-order valence-electron chi connectivity index (χ3n) is 4.15. The number of carbonyl (C=O) groups is 5. The van der Waals surface area contributed by atoms with Crippen LogP contribution in [0.15, 0.2) is 0 Å². The van der Waals surface area contributed by atoms with Crippen molar-refractivity contribution in [3.05, 3.63) is 0 Å². The van der Waals surface area contributed by atoms with Gasteiger partial charge in [-0.1, -0.05) is 13.8 Å². The highest BCUT2D eigenvalue weighted by Crippen LogP contribution is 2.32. The van der Waals surface area contributed by atoms with Crippen molar-refractivity contribution < 1.29 is 34.2 Å². The lowest BCUT2D eigenvalue weighted by Gasteiger charge is -2.38. The molecule has 1 aliphatic rings. The highest BCUT2D eigenvalue weighted by molar-refractivity contribution is 6.16. The molecule has 0 saturated carbocycles. The van der Waals surface area contributed by atoms with E-state index in [9.17, 15) is 29.1 Å². The van der Waals surface area contributed by atoms with E-state index in [1.807, 2.05) is 0 Å². The highest BCUT2D eigenvalue weighted by Gasteiger charge is 2.56. The molecule has 1 fully saturated rings. The van der Waals surface area contributed by atoms with Crippen LogP contribution in [0.1, 0.15) is 52.4 Å². The summed E-state index contributed by atoms with van der Waals surface area (Å²) in [5, 5.41) is 18.5. The van der Waals surface area contributed by atoms with E-state index in [0.717, 1.165) is 0 Å². The topological polar surface area (TPSA) is 155 Å². The summed E-state index contributed by atoms with van der Waals surface area (Å²) in [5.41, 5.74) is 3.40. The van der Waals surface area contributed by atoms with Crippen molar-refractivity contribution in [1.29, 1.82) is 0 Å². The molecule has 0 aromatic heterocycles. The first-order valence-electron chi connectivity index (χ1n) is 8.15. The fraction of sp³-hybridized carbons (Fsp3) is 0.688. The lowest BCUT2D eigenvalue weighted by Crippen LogP contribution is -2.66. The first-order valence-corrected chi connectivity index (χ1v) is 8.15. The second-order valence-corrected chi connectivity index (χ2v) is 6.65. The number of hydrogen-bond donors (Lipinski definition) is 3. The van der Waals surface area contributed by atoms with Crippen molar-refractivity contribution in [1.82, 2.24) is 4.90 Å². The largest absolute Gasteiger partial charge is 0.481 e. The summed E-state index contributed by atoms with van der Waals surface area (Å²) in [6.07, 6.45) is -1.00. The van der Waals surface area contributed by atoms with Gasteiger partial charge >= 0.3 is 11.9 Å². The average Bonchev–Trinajstić information content (AvgIpc) is 2.61. The molecule has 0 aliphatic carbocycles. The SMILES string of the molecule is CC(C)C[C@]1(C(=O)O)C(=O)CCCC(=O)N1C(=O)[C@@H](N)CCC(=O)O. The van der Waals surface area contributed by atoms with Crippen molar-refractivity contribution in [3.63, 3.8) is 0 Å². The van der Waals surface area contributed by atoms with Crippen molar-refractivity contribution in [3.8, 4) is 0 Å². The zero-order chi connectivity index (χ0) is 19.4. The molecule has 0 aromatic rings. The van der Waals surface area contributed by atoms with E-state index < -0.39 is 47.5 Å². The number of Topliss-reactive ketones (excluding diaryl/α,β-unsaturated/α-hetero) is 1. The molecule has 9 heteroatoms. The number of imide groups is 1. The van der Waals surface area contributed by atoms with Gasteiger partial charge in [0.25, 0.3) is 0 Å². The second-order valence-electron chi connectivity index (χ2n) is 6.65. The molecule has 2 atom stereocenters. The van der Waals surface area contributed by atoms with E-state index >= 15 is 0 Å². The van der Waals surface area contributed by atoms with Crippen LogP contribution >= 0.6 is 0 Å². The van der Waals surface area contributed by atoms with Crippen LogP contribution in [0.25, 0.3) is 0 Å². The number of likely N-dealkylation sites (tertiary alicyclic amines) is 1. The molecule has 2 amide bonds. The Labute approximate surface area is 145 Å². The zero-order valence-electron chi connectivity index (χ0n) is 14.4. The van der Waals surface area contributed by atoms with E-state index in [4.69, 9.17) is 10.8 Å². The Balaban J connectivity index is 3.36. The maximum Gasteiger partial charge on any atom is 0.337 e. The molecule has 1 aliphatic heterocycles. The Morgan fingerprint density at radius 3 is 2.28 bits per heavy atom. The van der Waals surface area contributed by atoms with Gasteiger partial charge in [-0.15, -0.1) is 0 Å². The number of rotatable bonds is 7. The number of carboxylic acids is 2. The summed E-state index contributed by atoms with van der Waals surface area (Å²) in [7, 11) is 0. The minimum Gasteiger partial charge on any atom is -0.481 e. The normalized spacial score (nSPS) is 22.6. The number of hydrogen-bond acceptors (Lipinski definition) is 6. The third kappa shape index (κ3) is 4.41. The van der Waals surface area contributed by atoms with E-state index in [0.29, 0.717) is 4.90 Å². The monoisotopic (exact) mass is 356 g/mol. The Morgan fingerprint density at radius 1 is 1.20 bits per heavy atom. The highest BCUT2D eigenvalue weighted by atomic mass is 16.4. The van der Waals surface area contributed by atoms with Crippen LogP contribution in [-0.4, -0.2) is 56.2 Å². The molecule has 4 N–H and O–H groups in total. The summed E-state index contributed by atoms with van der Waals surface area (Å²) in [4.78, 5) is 60.9. The number of nitrogens with two attached hydrogens (primary N) is 1. The lowest BCUT2D eigenvalue weighted by atomic mass is 9.81. The van der Waals surface area contributed by atoms with Gasteiger partial charge in [0.2, 0.25) is 17.4 Å². The molecule has 0 spiro atoms. The van der Waals surface area contributed by atoms with Gasteiger partial charge in [0, 0.05) is 19.3 Å². The Hall–Kier alpha value is -2.29. The second kappa shape index (κ2) is 8.19. The van der Waals surface area contributed by atoms with Gasteiger partial charge in [-0.05, 0) is 25.2 Å². The van der Waals surface area contributed by atoms with Gasteiger partial charge in [0.05, 0.1) is 6.04 Å². The van der Waals surface area contributed by atoms with Gasteiger partial charge in [0.1, 0.15) is 0 Å². The standard InChI is InChI=1S/C16H24N2O7/c1-9(2)8-16(15(24)25)11(19)4-3-5-12(20)18(16)14(23)10(17)6-7-13(21)22/h9-10H,3-8,17H2,1-2H3,(H,21,22)(H,24,25)/t10-,16+/m0/s1. The van der Waals surface area contributed by atoms with Gasteiger partial charge in [-0.3, -0.25) is 24.1 Å². The molecule has 0 radical (unpaired) electrons. The maximum atomic E-state index is 12.7. The van der Waals surface area contributed by atoms with E-state index in [-0.39, 0.29) is 38.0 Å². The predicted molar refractivity (Wildman–Crippen MR) is 85.4 cm³/mol. The van der Waals surface area contributed by atoms with Crippen LogP contribution in [0.4, 0.5) is 0 Å². The number of carbonyl (C=O) groups excluding carboxylic acids is 3. The van der Waals surface area contributed by atoms with Crippen molar-refractivity contribution in [2.24, 2.45) is 11.7 Å². The smallest absolute Gasteiger partial charge is 0.337 e. The number of amides is 2. The van der Waals surface area contributed by atoms with Crippen LogP contribution in [0.2, 0.25) is 0 Å². The Kier molecular flexibility index (Phi) is 6.80. The molecule has 9 nitrogen and oxygen atoms in total. The molecule has 0 aromatic carbocycles. The van der Waals surface area contributed by atoms with Crippen LogP contribution in [0.5, 0.6) is 0 Å². The quantitative estimate of drug-likeness (QED) is 0.545. The van der Waals surface area contributed by atoms with Crippen molar-refractivity contribution in [2.45, 2.75) is 64.0 Å². The third-order valence-corrected chi connectivity index (χ3v) is 4.15. The molecular weight excluding hydrogens is 332 g/mol. The van der Waals surface area contributed by atoms with E-state index in [2.05, 4.69) is 0 Å². The number of ketones is 1. The fourth-order valence-electron chi connectivity index (χ4n) is 3.03. The number of carboxylic acid groups (broad SMARTS) is 2. The molecule has 1 heterocycles. The molecule has 140 valence electrons. The van der Waals surface area contributed by atoms with Crippen LogP contribution < -0.4 is 5.73 Å².